The second-order valence-electron chi connectivity index (χ2n) is 6.03. The fourth-order valence-corrected chi connectivity index (χ4v) is 2.57. The Bertz CT molecular complexity index is 882. The third-order valence-electron chi connectivity index (χ3n) is 4.01. The number of hydrogen-bond donors (Lipinski definition) is 1. The fraction of sp³-hybridized carbons (Fsp3) is 0.235. The van der Waals surface area contributed by atoms with E-state index in [9.17, 15) is 38.7 Å². The molecule has 0 atom stereocenters. The molecule has 0 aromatic heterocycles. The average Bonchev–Trinajstić information content (AvgIpc) is 3.17. The number of imide groups is 2. The Hall–Kier alpha value is -4.09. The number of carboxylic acids is 1. The zero-order valence-electron chi connectivity index (χ0n) is 14.6. The summed E-state index contributed by atoms with van der Waals surface area (Å²) in [4.78, 5) is 91.4. The third kappa shape index (κ3) is 3.95. The van der Waals surface area contributed by atoms with Crippen LogP contribution >= 0.6 is 0 Å². The van der Waals surface area contributed by atoms with Gasteiger partial charge in [-0.05, 0) is 18.2 Å². The molecule has 0 unspecified atom stereocenters. The van der Waals surface area contributed by atoms with Crippen LogP contribution in [0.4, 0.5) is 0 Å². The van der Waals surface area contributed by atoms with Crippen LogP contribution in [-0.2, 0) is 28.9 Å². The molecule has 0 spiro atoms. The number of nitrogens with zero attached hydrogens (tertiary/aromatic N) is 2. The van der Waals surface area contributed by atoms with E-state index in [4.69, 9.17) is 9.68 Å². The van der Waals surface area contributed by atoms with E-state index in [1.54, 1.807) is 0 Å². The van der Waals surface area contributed by atoms with Crippen molar-refractivity contribution in [2.45, 2.75) is 25.7 Å². The zero-order valence-corrected chi connectivity index (χ0v) is 14.6. The van der Waals surface area contributed by atoms with Crippen LogP contribution in [0, 0.1) is 0 Å². The number of rotatable bonds is 5. The molecule has 2 saturated heterocycles. The van der Waals surface area contributed by atoms with Crippen molar-refractivity contribution in [1.82, 2.24) is 10.1 Å². The van der Waals surface area contributed by atoms with Gasteiger partial charge in [-0.1, -0.05) is 0 Å². The minimum atomic E-state index is -1.50. The van der Waals surface area contributed by atoms with Crippen LogP contribution in [0.2, 0.25) is 0 Å². The molecule has 2 aliphatic rings. The highest BCUT2D eigenvalue weighted by Gasteiger charge is 2.35. The molecule has 150 valence electrons. The van der Waals surface area contributed by atoms with Gasteiger partial charge in [0.2, 0.25) is 0 Å². The van der Waals surface area contributed by atoms with Crippen molar-refractivity contribution < 1.29 is 48.3 Å². The Morgan fingerprint density at radius 1 is 0.655 bits per heavy atom. The number of hydroxylamine groups is 4. The van der Waals surface area contributed by atoms with Crippen LogP contribution in [0.25, 0.3) is 0 Å². The summed E-state index contributed by atoms with van der Waals surface area (Å²) in [6, 6.07) is 2.60. The Kier molecular flexibility index (Phi) is 5.08. The molecule has 1 aromatic rings. The standard InChI is InChI=1S/C17H12N2O10/c20-11-1-2-12(21)18(11)28-16(26)9-5-8(15(24)25)6-10(7-9)17(27)29-19-13(22)3-4-14(19)23/h5-7H,1-4H2,(H,24,25). The summed E-state index contributed by atoms with van der Waals surface area (Å²) < 4.78 is 0. The van der Waals surface area contributed by atoms with E-state index in [-0.39, 0.29) is 35.8 Å². The summed E-state index contributed by atoms with van der Waals surface area (Å²) in [7, 11) is 0. The van der Waals surface area contributed by atoms with E-state index in [0.29, 0.717) is 0 Å². The molecular weight excluding hydrogens is 392 g/mol. The number of carbonyl (C=O) groups is 7. The maximum atomic E-state index is 12.3. The average molecular weight is 404 g/mol. The lowest BCUT2D eigenvalue weighted by atomic mass is 10.1. The van der Waals surface area contributed by atoms with Crippen molar-refractivity contribution >= 4 is 41.5 Å². The molecule has 0 bridgehead atoms. The predicted octanol–water partition coefficient (Wildman–Crippen LogP) is -0.174. The van der Waals surface area contributed by atoms with Gasteiger partial charge in [0.1, 0.15) is 0 Å². The van der Waals surface area contributed by atoms with Crippen LogP contribution in [0.5, 0.6) is 0 Å². The molecular formula is C17H12N2O10. The first kappa shape index (κ1) is 19.7. The zero-order chi connectivity index (χ0) is 21.3. The minimum absolute atomic E-state index is 0.142. The highest BCUT2D eigenvalue weighted by Crippen LogP contribution is 2.19. The Morgan fingerprint density at radius 3 is 1.28 bits per heavy atom. The topological polar surface area (TPSA) is 165 Å². The Labute approximate surface area is 161 Å². The fourth-order valence-electron chi connectivity index (χ4n) is 2.57. The molecule has 12 heteroatoms. The molecule has 12 nitrogen and oxygen atoms in total. The first-order chi connectivity index (χ1) is 13.7. The van der Waals surface area contributed by atoms with Crippen LogP contribution in [0.15, 0.2) is 18.2 Å². The maximum Gasteiger partial charge on any atom is 0.363 e. The first-order valence-electron chi connectivity index (χ1n) is 8.22. The number of hydrogen-bond acceptors (Lipinski definition) is 9. The largest absolute Gasteiger partial charge is 0.478 e. The minimum Gasteiger partial charge on any atom is -0.478 e. The van der Waals surface area contributed by atoms with E-state index in [0.717, 1.165) is 18.2 Å². The second kappa shape index (κ2) is 7.50. The van der Waals surface area contributed by atoms with Crippen LogP contribution < -0.4 is 0 Å². The van der Waals surface area contributed by atoms with Gasteiger partial charge in [-0.15, -0.1) is 10.1 Å². The van der Waals surface area contributed by atoms with Gasteiger partial charge in [0.05, 0.1) is 16.7 Å². The van der Waals surface area contributed by atoms with Crippen molar-refractivity contribution in [3.8, 4) is 0 Å². The smallest absolute Gasteiger partial charge is 0.363 e. The van der Waals surface area contributed by atoms with E-state index >= 15 is 0 Å². The molecule has 2 heterocycles. The van der Waals surface area contributed by atoms with E-state index in [1.165, 1.54) is 0 Å². The summed E-state index contributed by atoms with van der Waals surface area (Å²) in [6.07, 6.45) is -0.568. The molecule has 0 saturated carbocycles. The van der Waals surface area contributed by atoms with Gasteiger partial charge >= 0.3 is 17.9 Å². The summed E-state index contributed by atoms with van der Waals surface area (Å²) in [5.41, 5.74) is -1.45. The van der Waals surface area contributed by atoms with Gasteiger partial charge in [0.25, 0.3) is 23.6 Å². The van der Waals surface area contributed by atoms with Crippen LogP contribution in [0.3, 0.4) is 0 Å². The molecule has 4 amide bonds. The number of amides is 4. The number of carbonyl (C=O) groups excluding carboxylic acids is 6. The maximum absolute atomic E-state index is 12.3. The first-order valence-corrected chi connectivity index (χ1v) is 8.22. The number of benzene rings is 1. The van der Waals surface area contributed by atoms with Crippen LogP contribution in [0.1, 0.15) is 56.8 Å². The van der Waals surface area contributed by atoms with E-state index < -0.39 is 58.2 Å². The van der Waals surface area contributed by atoms with Crippen molar-refractivity contribution in [2.24, 2.45) is 0 Å². The number of aromatic carboxylic acids is 1. The molecule has 29 heavy (non-hydrogen) atoms. The van der Waals surface area contributed by atoms with Gasteiger partial charge in [0, 0.05) is 25.7 Å². The molecule has 3 rings (SSSR count). The van der Waals surface area contributed by atoms with E-state index in [1.807, 2.05) is 0 Å². The normalized spacial score (nSPS) is 16.4. The lowest BCUT2D eigenvalue weighted by Gasteiger charge is -2.14. The monoisotopic (exact) mass is 404 g/mol. The molecule has 0 radical (unpaired) electrons. The summed E-state index contributed by atoms with van der Waals surface area (Å²) in [5, 5.41) is 9.71. The van der Waals surface area contributed by atoms with Crippen molar-refractivity contribution in [3.63, 3.8) is 0 Å². The van der Waals surface area contributed by atoms with Crippen LogP contribution in [-0.4, -0.2) is 56.8 Å². The molecule has 0 aliphatic carbocycles. The van der Waals surface area contributed by atoms with Crippen molar-refractivity contribution in [2.75, 3.05) is 0 Å². The lowest BCUT2D eigenvalue weighted by Crippen LogP contribution is -2.33. The SMILES string of the molecule is O=C(O)c1cc(C(=O)ON2C(=O)CCC2=O)cc(C(=O)ON2C(=O)CCC2=O)c1. The third-order valence-corrected chi connectivity index (χ3v) is 4.01. The van der Waals surface area contributed by atoms with Gasteiger partial charge in [0.15, 0.2) is 0 Å². The lowest BCUT2D eigenvalue weighted by molar-refractivity contribution is -0.173. The quantitative estimate of drug-likeness (QED) is 0.651. The van der Waals surface area contributed by atoms with E-state index in [2.05, 4.69) is 0 Å². The van der Waals surface area contributed by atoms with Gasteiger partial charge in [-0.25, -0.2) is 14.4 Å². The Balaban J connectivity index is 1.86. The summed E-state index contributed by atoms with van der Waals surface area (Å²) in [6.45, 7) is 0. The van der Waals surface area contributed by atoms with Gasteiger partial charge < -0.3 is 14.8 Å². The second-order valence-corrected chi connectivity index (χ2v) is 6.03. The van der Waals surface area contributed by atoms with Gasteiger partial charge in [-0.2, -0.15) is 0 Å². The summed E-state index contributed by atoms with van der Waals surface area (Å²) >= 11 is 0. The Morgan fingerprint density at radius 2 is 0.966 bits per heavy atom. The summed E-state index contributed by atoms with van der Waals surface area (Å²) in [5.74, 6) is -7.02. The van der Waals surface area contributed by atoms with Gasteiger partial charge in [-0.3, -0.25) is 19.2 Å². The molecule has 2 aliphatic heterocycles. The molecule has 1 aromatic carbocycles. The highest BCUT2D eigenvalue weighted by atomic mass is 16.7. The molecule has 2 fully saturated rings. The molecule has 1 N–H and O–H groups in total. The highest BCUT2D eigenvalue weighted by molar-refractivity contribution is 6.05. The van der Waals surface area contributed by atoms with Crippen molar-refractivity contribution in [3.05, 3.63) is 34.9 Å². The van der Waals surface area contributed by atoms with Crippen molar-refractivity contribution in [1.29, 1.82) is 0 Å². The predicted molar refractivity (Wildman–Crippen MR) is 86.4 cm³/mol. The number of carboxylic acid groups (broad SMARTS) is 1.